The lowest BCUT2D eigenvalue weighted by atomic mass is 10.2. The summed E-state index contributed by atoms with van der Waals surface area (Å²) in [6, 6.07) is 0. The number of aliphatic hydroxyl groups is 1. The van der Waals surface area contributed by atoms with Gasteiger partial charge in [-0.25, -0.2) is 4.59 Å². The Balaban J connectivity index is 3.52. The van der Waals surface area contributed by atoms with Crippen LogP contribution in [0.1, 0.15) is 26.2 Å². The number of nitrogens with zero attached hydrogens (tertiary/aromatic N) is 1. The van der Waals surface area contributed by atoms with Crippen molar-refractivity contribution in [3.8, 4) is 0 Å². The zero-order valence-corrected chi connectivity index (χ0v) is 7.17. The van der Waals surface area contributed by atoms with Crippen molar-refractivity contribution in [2.75, 3.05) is 14.1 Å². The van der Waals surface area contributed by atoms with Gasteiger partial charge in [0, 0.05) is 6.42 Å². The van der Waals surface area contributed by atoms with Crippen molar-refractivity contribution in [3.05, 3.63) is 0 Å². The predicted molar refractivity (Wildman–Crippen MR) is 41.8 cm³/mol. The largest absolute Gasteiger partial charge is 0.343 e. The molecule has 0 aliphatic carbocycles. The van der Waals surface area contributed by atoms with Crippen LogP contribution < -0.4 is 5.84 Å². The van der Waals surface area contributed by atoms with Crippen LogP contribution >= 0.6 is 0 Å². The average molecular weight is 147 g/mol. The molecule has 0 radical (unpaired) electrons. The molecule has 0 saturated heterocycles. The van der Waals surface area contributed by atoms with E-state index >= 15 is 0 Å². The topological polar surface area (TPSA) is 46.2 Å². The Labute approximate surface area is 63.0 Å². The molecule has 0 heterocycles. The molecule has 3 heteroatoms. The summed E-state index contributed by atoms with van der Waals surface area (Å²) in [5, 5.41) is 9.36. The van der Waals surface area contributed by atoms with Crippen molar-refractivity contribution in [2.45, 2.75) is 32.4 Å². The summed E-state index contributed by atoms with van der Waals surface area (Å²) >= 11 is 0. The number of aliphatic hydroxyl groups excluding tert-OH is 1. The standard InChI is InChI=1S/C7H19N2O/c1-4-5-6-7(10)9(2,3)8/h7,10H,4-6,8H2,1-3H3/q+1. The number of hydrogen-bond donors (Lipinski definition) is 2. The molecule has 1 atom stereocenters. The molecule has 0 aromatic rings. The first kappa shape index (κ1) is 9.88. The lowest BCUT2D eigenvalue weighted by molar-refractivity contribution is -0.948. The van der Waals surface area contributed by atoms with Gasteiger partial charge >= 0.3 is 0 Å². The van der Waals surface area contributed by atoms with Crippen LogP contribution in [0, 0.1) is 0 Å². The van der Waals surface area contributed by atoms with Crippen molar-refractivity contribution < 1.29 is 9.70 Å². The number of nitrogens with two attached hydrogens (primary N) is 1. The minimum atomic E-state index is -0.417. The van der Waals surface area contributed by atoms with E-state index in [1.54, 1.807) is 14.1 Å². The molecule has 0 bridgehead atoms. The van der Waals surface area contributed by atoms with Gasteiger partial charge in [-0.15, -0.1) is 0 Å². The molecule has 10 heavy (non-hydrogen) atoms. The van der Waals surface area contributed by atoms with Crippen molar-refractivity contribution in [3.63, 3.8) is 0 Å². The molecule has 0 aromatic carbocycles. The number of hydrogen-bond acceptors (Lipinski definition) is 2. The van der Waals surface area contributed by atoms with Gasteiger partial charge in [-0.3, -0.25) is 0 Å². The summed E-state index contributed by atoms with van der Waals surface area (Å²) in [4.78, 5) is 0. The maximum Gasteiger partial charge on any atom is 0.207 e. The predicted octanol–water partition coefficient (Wildman–Crippen LogP) is 0.445. The molecular weight excluding hydrogens is 128 g/mol. The molecule has 3 N–H and O–H groups in total. The molecule has 0 amide bonds. The van der Waals surface area contributed by atoms with Gasteiger partial charge in [-0.2, -0.15) is 5.84 Å². The Bertz CT molecular complexity index is 88.1. The Morgan fingerprint density at radius 3 is 2.30 bits per heavy atom. The maximum atomic E-state index is 9.36. The van der Waals surface area contributed by atoms with E-state index in [-0.39, 0.29) is 4.59 Å². The van der Waals surface area contributed by atoms with E-state index < -0.39 is 6.23 Å². The lowest BCUT2D eigenvalue weighted by Crippen LogP contribution is -2.54. The third kappa shape index (κ3) is 3.82. The maximum absolute atomic E-state index is 9.36. The number of rotatable bonds is 4. The molecule has 0 spiro atoms. The minimum absolute atomic E-state index is 0.153. The van der Waals surface area contributed by atoms with Gasteiger partial charge in [0.05, 0.1) is 14.1 Å². The van der Waals surface area contributed by atoms with Crippen molar-refractivity contribution in [2.24, 2.45) is 5.84 Å². The van der Waals surface area contributed by atoms with E-state index in [0.29, 0.717) is 0 Å². The van der Waals surface area contributed by atoms with E-state index in [2.05, 4.69) is 6.92 Å². The van der Waals surface area contributed by atoms with Gasteiger partial charge in [0.25, 0.3) is 0 Å². The molecule has 0 rings (SSSR count). The van der Waals surface area contributed by atoms with Crippen LogP contribution in [0.15, 0.2) is 0 Å². The quantitative estimate of drug-likeness (QED) is 0.262. The zero-order valence-electron chi connectivity index (χ0n) is 7.17. The Morgan fingerprint density at radius 1 is 1.50 bits per heavy atom. The second kappa shape index (κ2) is 3.91. The number of unbranched alkanes of at least 4 members (excludes halogenated alkanes) is 1. The summed E-state index contributed by atoms with van der Waals surface area (Å²) in [7, 11) is 3.58. The fraction of sp³-hybridized carbons (Fsp3) is 1.00. The van der Waals surface area contributed by atoms with Crippen LogP contribution in [-0.2, 0) is 0 Å². The third-order valence-corrected chi connectivity index (χ3v) is 1.58. The first-order valence-electron chi connectivity index (χ1n) is 3.78. The molecular formula is C7H19N2O+. The van der Waals surface area contributed by atoms with Crippen LogP contribution in [0.4, 0.5) is 0 Å². The fourth-order valence-electron chi connectivity index (χ4n) is 0.719. The molecule has 0 saturated carbocycles. The Hall–Kier alpha value is -0.120. The van der Waals surface area contributed by atoms with Crippen molar-refractivity contribution >= 4 is 0 Å². The van der Waals surface area contributed by atoms with Gasteiger partial charge in [-0.05, 0) is 6.42 Å². The summed E-state index contributed by atoms with van der Waals surface area (Å²) in [6.07, 6.45) is 2.52. The molecule has 3 nitrogen and oxygen atoms in total. The van der Waals surface area contributed by atoms with Gasteiger partial charge in [-0.1, -0.05) is 13.3 Å². The van der Waals surface area contributed by atoms with Crippen LogP contribution in [0.3, 0.4) is 0 Å². The summed E-state index contributed by atoms with van der Waals surface area (Å²) in [5.74, 6) is 5.61. The van der Waals surface area contributed by atoms with E-state index in [9.17, 15) is 5.11 Å². The molecule has 0 aliphatic heterocycles. The van der Waals surface area contributed by atoms with E-state index in [0.717, 1.165) is 19.3 Å². The van der Waals surface area contributed by atoms with Crippen molar-refractivity contribution in [1.29, 1.82) is 0 Å². The highest BCUT2D eigenvalue weighted by atomic mass is 16.3. The highest BCUT2D eigenvalue weighted by molar-refractivity contribution is 4.40. The lowest BCUT2D eigenvalue weighted by Gasteiger charge is -2.28. The first-order chi connectivity index (χ1) is 4.48. The zero-order chi connectivity index (χ0) is 8.20. The second-order valence-electron chi connectivity index (χ2n) is 3.25. The van der Waals surface area contributed by atoms with Gasteiger partial charge < -0.3 is 5.11 Å². The minimum Gasteiger partial charge on any atom is -0.343 e. The first-order valence-corrected chi connectivity index (χ1v) is 3.78. The molecule has 0 aliphatic rings. The Morgan fingerprint density at radius 2 is 2.00 bits per heavy atom. The highest BCUT2D eigenvalue weighted by Gasteiger charge is 2.20. The second-order valence-corrected chi connectivity index (χ2v) is 3.25. The van der Waals surface area contributed by atoms with E-state index in [1.165, 1.54) is 0 Å². The molecule has 0 fully saturated rings. The highest BCUT2D eigenvalue weighted by Crippen LogP contribution is 2.05. The monoisotopic (exact) mass is 147 g/mol. The normalized spacial score (nSPS) is 15.3. The van der Waals surface area contributed by atoms with Crippen LogP contribution in [0.2, 0.25) is 0 Å². The third-order valence-electron chi connectivity index (χ3n) is 1.58. The van der Waals surface area contributed by atoms with Gasteiger partial charge in [0.2, 0.25) is 6.23 Å². The van der Waals surface area contributed by atoms with Gasteiger partial charge in [0.15, 0.2) is 0 Å². The van der Waals surface area contributed by atoms with Crippen LogP contribution in [0.5, 0.6) is 0 Å². The smallest absolute Gasteiger partial charge is 0.207 e. The SMILES string of the molecule is CCCCC(O)[N+](C)(C)N. The van der Waals surface area contributed by atoms with Crippen molar-refractivity contribution in [1.82, 2.24) is 0 Å². The van der Waals surface area contributed by atoms with Gasteiger partial charge in [0.1, 0.15) is 0 Å². The van der Waals surface area contributed by atoms with E-state index in [1.807, 2.05) is 0 Å². The average Bonchev–Trinajstić information content (AvgIpc) is 1.80. The fourth-order valence-corrected chi connectivity index (χ4v) is 0.719. The molecule has 0 aromatic heterocycles. The number of quaternary nitrogens is 1. The van der Waals surface area contributed by atoms with Crippen LogP contribution in [0.25, 0.3) is 0 Å². The summed E-state index contributed by atoms with van der Waals surface area (Å²) < 4.78 is 0.153. The summed E-state index contributed by atoms with van der Waals surface area (Å²) in [6.45, 7) is 2.10. The molecule has 62 valence electrons. The Kier molecular flexibility index (Phi) is 3.86. The summed E-state index contributed by atoms with van der Waals surface area (Å²) in [5.41, 5.74) is 0. The molecule has 1 unspecified atom stereocenters. The van der Waals surface area contributed by atoms with Crippen LogP contribution in [-0.4, -0.2) is 30.0 Å². The van der Waals surface area contributed by atoms with E-state index in [4.69, 9.17) is 5.84 Å².